The van der Waals surface area contributed by atoms with Gasteiger partial charge >= 0.3 is 41.0 Å². The molecule has 0 aliphatic carbocycles. The fraction of sp³-hybridized carbons (Fsp3) is 1.00. The molecule has 0 spiro atoms. The molecule has 0 saturated carbocycles. The van der Waals surface area contributed by atoms with Gasteiger partial charge in [-0.2, -0.15) is 13.1 Å². The van der Waals surface area contributed by atoms with E-state index in [1.807, 2.05) is 0 Å². The van der Waals surface area contributed by atoms with Crippen LogP contribution in [0.2, 0.25) is 14.8 Å². The molecule has 0 atom stereocenters. The van der Waals surface area contributed by atoms with Crippen molar-refractivity contribution in [2.75, 3.05) is 13.1 Å². The van der Waals surface area contributed by atoms with Gasteiger partial charge in [0.25, 0.3) is 0 Å². The van der Waals surface area contributed by atoms with E-state index in [-0.39, 0.29) is 13.1 Å². The molecule has 2 nitrogen and oxygen atoms in total. The summed E-state index contributed by atoms with van der Waals surface area (Å²) < 4.78 is 0. The quantitative estimate of drug-likeness (QED) is 0.648. The van der Waals surface area contributed by atoms with E-state index < -0.39 is 17.3 Å². The minimum atomic E-state index is -1.71. The number of hydrogen-bond acceptors (Lipinski definition) is 0. The largest absolute Gasteiger partial charge is 0.679 e. The van der Waals surface area contributed by atoms with Gasteiger partial charge in [0.05, 0.1) is 0 Å². The molecule has 0 aliphatic heterocycles. The first-order chi connectivity index (χ1) is 3.91. The topological polar surface area (TPSA) is 47.6 Å². The maximum Gasteiger partial charge on any atom is -0.171 e. The average molecular weight is 257 g/mol. The molecule has 0 aromatic rings. The summed E-state index contributed by atoms with van der Waals surface area (Å²) in [6.07, 6.45) is 0. The number of halogens is 1. The van der Waals surface area contributed by atoms with Crippen molar-refractivity contribution < 1.29 is 0 Å². The Morgan fingerprint density at radius 2 is 1.22 bits per heavy atom. The summed E-state index contributed by atoms with van der Waals surface area (Å²) in [5, 5.41) is 0. The Bertz CT molecular complexity index is 45.4. The molecule has 0 unspecified atom stereocenters. The van der Waals surface area contributed by atoms with Crippen LogP contribution in [0.3, 0.4) is 0 Å². The maximum absolute atomic E-state index is 6.26. The fourth-order valence-corrected chi connectivity index (χ4v) is 0. The number of hydrogen-bond donors (Lipinski definition) is 0. The van der Waals surface area contributed by atoms with Gasteiger partial charge in [-0.1, -0.05) is 0 Å². The molecule has 0 aliphatic rings. The van der Waals surface area contributed by atoms with E-state index in [0.717, 1.165) is 0 Å². The van der Waals surface area contributed by atoms with E-state index in [1.54, 1.807) is 0 Å². The van der Waals surface area contributed by atoms with Crippen molar-refractivity contribution in [2.45, 2.75) is 14.8 Å². The van der Waals surface area contributed by atoms with E-state index in [1.165, 1.54) is 0 Å². The first-order valence-corrected chi connectivity index (χ1v) is 15.1. The zero-order valence-corrected chi connectivity index (χ0v) is 9.90. The van der Waals surface area contributed by atoms with Gasteiger partial charge in [-0.05, 0) is 0 Å². The molecule has 0 amide bonds. The normalized spacial score (nSPS) is 10.0. The molecular weight excluding hydrogens is 242 g/mol. The van der Waals surface area contributed by atoms with Gasteiger partial charge in [-0.3, -0.25) is 0 Å². The van der Waals surface area contributed by atoms with Crippen molar-refractivity contribution in [3.8, 4) is 0 Å². The van der Waals surface area contributed by atoms with Crippen molar-refractivity contribution in [3.63, 3.8) is 0 Å². The summed E-state index contributed by atoms with van der Waals surface area (Å²) in [6, 6.07) is 0. The van der Waals surface area contributed by atoms with Crippen molar-refractivity contribution in [3.05, 3.63) is 11.5 Å². The third-order valence-corrected chi connectivity index (χ3v) is 0.125. The van der Waals surface area contributed by atoms with Crippen LogP contribution in [0, 0.1) is 0 Å². The third kappa shape index (κ3) is 110. The minimum absolute atomic E-state index is 0.236. The van der Waals surface area contributed by atoms with Crippen LogP contribution in [0.5, 0.6) is 0 Å². The molecule has 0 heterocycles. The second kappa shape index (κ2) is 7.12. The van der Waals surface area contributed by atoms with Crippen LogP contribution in [0.15, 0.2) is 0 Å². The van der Waals surface area contributed by atoms with Crippen LogP contribution >= 0.6 is 8.92 Å². The molecule has 0 aromatic carbocycles. The summed E-state index contributed by atoms with van der Waals surface area (Å²) in [5.41, 5.74) is 12.5. The molecule has 0 rings (SSSR count). The van der Waals surface area contributed by atoms with Gasteiger partial charge in [0.15, 0.2) is 0 Å². The molecule has 9 heavy (non-hydrogen) atoms. The van der Waals surface area contributed by atoms with Gasteiger partial charge < -0.3 is 11.5 Å². The molecular formula is C5H15ClN2Sn-2. The zero-order valence-electron chi connectivity index (χ0n) is 6.29. The number of rotatable bonds is 1. The molecule has 0 aromatic heterocycles. The second-order valence-electron chi connectivity index (χ2n) is 2.57. The molecule has 4 heteroatoms. The fourth-order valence-electron chi connectivity index (χ4n) is 0. The smallest absolute Gasteiger partial charge is 0.171 e. The summed E-state index contributed by atoms with van der Waals surface area (Å²) in [4.78, 5) is 6.49. The van der Waals surface area contributed by atoms with Crippen molar-refractivity contribution in [2.24, 2.45) is 0 Å². The minimum Gasteiger partial charge on any atom is -0.679 e. The predicted molar refractivity (Wildman–Crippen MR) is 47.6 cm³/mol. The van der Waals surface area contributed by atoms with Gasteiger partial charge in [-0.15, -0.1) is 0 Å². The molecule has 0 fully saturated rings. The van der Waals surface area contributed by atoms with E-state index >= 15 is 0 Å². The summed E-state index contributed by atoms with van der Waals surface area (Å²) in [5.74, 6) is 0. The molecule has 58 valence electrons. The third-order valence-electron chi connectivity index (χ3n) is 0.125. The summed E-state index contributed by atoms with van der Waals surface area (Å²) in [7, 11) is 5.74. The van der Waals surface area contributed by atoms with Gasteiger partial charge in [0.1, 0.15) is 0 Å². The monoisotopic (exact) mass is 258 g/mol. The van der Waals surface area contributed by atoms with Crippen LogP contribution in [-0.4, -0.2) is 30.3 Å². The van der Waals surface area contributed by atoms with Crippen molar-refractivity contribution in [1.29, 1.82) is 0 Å². The Balaban J connectivity index is 0. The standard InChI is InChI=1S/C2H6N2.3CH3.ClH.Sn/c3-1-2-4;;;;;/h3-4H,1-2H2;3*1H3;1H;/q-2;;;;;+1/p-1. The molecule has 0 saturated heterocycles. The zero-order chi connectivity index (χ0) is 7.91. The van der Waals surface area contributed by atoms with E-state index in [0.29, 0.717) is 0 Å². The van der Waals surface area contributed by atoms with Gasteiger partial charge in [0.2, 0.25) is 0 Å². The predicted octanol–water partition coefficient (Wildman–Crippen LogP) is 3.15. The Labute approximate surface area is 65.5 Å². The maximum atomic E-state index is 6.26. The van der Waals surface area contributed by atoms with Crippen LogP contribution in [0.25, 0.3) is 11.5 Å². The Morgan fingerprint density at radius 3 is 1.22 bits per heavy atom. The Hall–Kier alpha value is 1.01. The SMILES string of the molecule is [CH3][Sn]([CH3])([CH3])[Cl].[NH-]CC[NH-]. The summed E-state index contributed by atoms with van der Waals surface area (Å²) >= 11 is -1.71. The second-order valence-corrected chi connectivity index (χ2v) is 22.0. The molecule has 2 N–H and O–H groups in total. The molecule has 0 bridgehead atoms. The van der Waals surface area contributed by atoms with Crippen molar-refractivity contribution in [1.82, 2.24) is 0 Å². The van der Waals surface area contributed by atoms with Crippen LogP contribution in [0.1, 0.15) is 0 Å². The summed E-state index contributed by atoms with van der Waals surface area (Å²) in [6.45, 7) is 0.472. The van der Waals surface area contributed by atoms with E-state index in [2.05, 4.69) is 14.8 Å². The van der Waals surface area contributed by atoms with E-state index in [4.69, 9.17) is 20.4 Å². The Morgan fingerprint density at radius 1 is 1.11 bits per heavy atom. The van der Waals surface area contributed by atoms with Crippen LogP contribution in [0.4, 0.5) is 0 Å². The average Bonchev–Trinajstić information content (AvgIpc) is 1.61. The Kier molecular flexibility index (Phi) is 10.0. The first kappa shape index (κ1) is 12.7. The first-order valence-electron chi connectivity index (χ1n) is 2.90. The van der Waals surface area contributed by atoms with Gasteiger partial charge in [0, 0.05) is 0 Å². The van der Waals surface area contributed by atoms with Crippen LogP contribution < -0.4 is 0 Å². The van der Waals surface area contributed by atoms with Crippen molar-refractivity contribution >= 4 is 26.2 Å². The van der Waals surface area contributed by atoms with Gasteiger partial charge in [-0.25, -0.2) is 0 Å². The molecule has 0 radical (unpaired) electrons. The van der Waals surface area contributed by atoms with E-state index in [9.17, 15) is 0 Å². The van der Waals surface area contributed by atoms with Crippen LogP contribution in [-0.2, 0) is 0 Å². The number of nitrogens with one attached hydrogen (secondary N) is 2.